The minimum Gasteiger partial charge on any atom is -0.493 e. The molecule has 1 heterocycles. The van der Waals surface area contributed by atoms with Crippen molar-refractivity contribution in [2.45, 2.75) is 18.9 Å². The molecule has 1 aliphatic rings. The number of carbonyl (C=O) groups excluding carboxylic acids is 1. The van der Waals surface area contributed by atoms with Crippen LogP contribution in [-0.2, 0) is 4.74 Å². The Morgan fingerprint density at radius 1 is 1.42 bits per heavy atom. The van der Waals surface area contributed by atoms with Crippen LogP contribution in [0.1, 0.15) is 23.2 Å². The molecule has 0 radical (unpaired) electrons. The van der Waals surface area contributed by atoms with Gasteiger partial charge in [-0.05, 0) is 25.0 Å². The lowest BCUT2D eigenvalue weighted by molar-refractivity contribution is 0.0855. The van der Waals surface area contributed by atoms with Gasteiger partial charge in [-0.2, -0.15) is 0 Å². The van der Waals surface area contributed by atoms with Gasteiger partial charge in [-0.15, -0.1) is 0 Å². The zero-order valence-corrected chi connectivity index (χ0v) is 11.3. The number of nitrogens with one attached hydrogen (secondary N) is 1. The van der Waals surface area contributed by atoms with Gasteiger partial charge in [-0.25, -0.2) is 0 Å². The lowest BCUT2D eigenvalue weighted by Crippen LogP contribution is -2.32. The third-order valence-electron chi connectivity index (χ3n) is 3.16. The Bertz CT molecular complexity index is 441. The number of benzene rings is 1. The van der Waals surface area contributed by atoms with E-state index in [0.29, 0.717) is 23.6 Å². The fraction of sp³-hybridized carbons (Fsp3) is 0.500. The zero-order chi connectivity index (χ0) is 13.7. The first-order valence-corrected chi connectivity index (χ1v) is 6.37. The Kier molecular flexibility index (Phi) is 4.63. The molecule has 1 aliphatic heterocycles. The smallest absolute Gasteiger partial charge is 0.255 e. The van der Waals surface area contributed by atoms with E-state index >= 15 is 0 Å². The predicted octanol–water partition coefficient (Wildman–Crippen LogP) is 1.61. The summed E-state index contributed by atoms with van der Waals surface area (Å²) in [5, 5.41) is 2.87. The van der Waals surface area contributed by atoms with Crippen molar-refractivity contribution in [1.82, 2.24) is 5.32 Å². The van der Waals surface area contributed by atoms with Crippen molar-refractivity contribution in [3.63, 3.8) is 0 Å². The largest absolute Gasteiger partial charge is 0.493 e. The monoisotopic (exact) mass is 265 g/mol. The highest BCUT2D eigenvalue weighted by molar-refractivity contribution is 5.97. The highest BCUT2D eigenvalue weighted by atomic mass is 16.5. The van der Waals surface area contributed by atoms with E-state index in [4.69, 9.17) is 14.2 Å². The van der Waals surface area contributed by atoms with Crippen LogP contribution in [-0.4, -0.2) is 39.4 Å². The van der Waals surface area contributed by atoms with Crippen LogP contribution in [0, 0.1) is 0 Å². The summed E-state index contributed by atoms with van der Waals surface area (Å²) in [5.74, 6) is 0.827. The fourth-order valence-electron chi connectivity index (χ4n) is 2.17. The third-order valence-corrected chi connectivity index (χ3v) is 3.16. The van der Waals surface area contributed by atoms with Crippen molar-refractivity contribution in [3.05, 3.63) is 23.8 Å². The highest BCUT2D eigenvalue weighted by Crippen LogP contribution is 2.30. The molecule has 0 saturated carbocycles. The van der Waals surface area contributed by atoms with Crippen LogP contribution in [0.2, 0.25) is 0 Å². The van der Waals surface area contributed by atoms with E-state index in [2.05, 4.69) is 5.32 Å². The molecule has 0 aliphatic carbocycles. The average Bonchev–Trinajstić information content (AvgIpc) is 2.97. The van der Waals surface area contributed by atoms with Gasteiger partial charge in [-0.1, -0.05) is 6.07 Å². The topological polar surface area (TPSA) is 56.8 Å². The van der Waals surface area contributed by atoms with Crippen molar-refractivity contribution in [2.75, 3.05) is 27.4 Å². The van der Waals surface area contributed by atoms with E-state index < -0.39 is 0 Å². The summed E-state index contributed by atoms with van der Waals surface area (Å²) >= 11 is 0. The summed E-state index contributed by atoms with van der Waals surface area (Å²) in [5.41, 5.74) is 0.472. The van der Waals surface area contributed by atoms with Crippen LogP contribution in [0.3, 0.4) is 0 Å². The van der Waals surface area contributed by atoms with Crippen molar-refractivity contribution in [2.24, 2.45) is 0 Å². The summed E-state index contributed by atoms with van der Waals surface area (Å²) in [4.78, 5) is 12.1. The van der Waals surface area contributed by atoms with E-state index in [0.717, 1.165) is 19.4 Å². The second kappa shape index (κ2) is 6.43. The third kappa shape index (κ3) is 3.17. The van der Waals surface area contributed by atoms with Gasteiger partial charge in [0, 0.05) is 13.2 Å². The summed E-state index contributed by atoms with van der Waals surface area (Å²) in [6.45, 7) is 1.31. The Labute approximate surface area is 112 Å². The van der Waals surface area contributed by atoms with Gasteiger partial charge in [0.05, 0.1) is 25.9 Å². The second-order valence-electron chi connectivity index (χ2n) is 4.39. The van der Waals surface area contributed by atoms with Crippen molar-refractivity contribution in [3.8, 4) is 11.5 Å². The fourth-order valence-corrected chi connectivity index (χ4v) is 2.17. The first kappa shape index (κ1) is 13.7. The molecular weight excluding hydrogens is 246 g/mol. The molecule has 5 heteroatoms. The molecule has 104 valence electrons. The highest BCUT2D eigenvalue weighted by Gasteiger charge is 2.19. The van der Waals surface area contributed by atoms with Gasteiger partial charge in [0.2, 0.25) is 0 Å². The van der Waals surface area contributed by atoms with Crippen LogP contribution in [0.4, 0.5) is 0 Å². The minimum absolute atomic E-state index is 0.126. The minimum atomic E-state index is -0.175. The SMILES string of the molecule is COc1cccc(C(=O)NC[C@@H]2CCCO2)c1OC. The van der Waals surface area contributed by atoms with Gasteiger partial charge in [0.15, 0.2) is 11.5 Å². The Balaban J connectivity index is 2.05. The molecule has 1 saturated heterocycles. The normalized spacial score (nSPS) is 18.1. The molecule has 1 amide bonds. The van der Waals surface area contributed by atoms with Gasteiger partial charge in [0.25, 0.3) is 5.91 Å². The molecule has 0 spiro atoms. The molecule has 0 bridgehead atoms. The van der Waals surface area contributed by atoms with E-state index in [9.17, 15) is 4.79 Å². The van der Waals surface area contributed by atoms with Crippen LogP contribution >= 0.6 is 0 Å². The number of ether oxygens (including phenoxy) is 3. The van der Waals surface area contributed by atoms with E-state index in [1.807, 2.05) is 0 Å². The van der Waals surface area contributed by atoms with Gasteiger partial charge in [-0.3, -0.25) is 4.79 Å². The number of para-hydroxylation sites is 1. The van der Waals surface area contributed by atoms with Gasteiger partial charge < -0.3 is 19.5 Å². The summed E-state index contributed by atoms with van der Waals surface area (Å²) in [7, 11) is 3.07. The van der Waals surface area contributed by atoms with Crippen molar-refractivity contribution in [1.29, 1.82) is 0 Å². The van der Waals surface area contributed by atoms with Crippen LogP contribution in [0.5, 0.6) is 11.5 Å². The van der Waals surface area contributed by atoms with E-state index in [1.165, 1.54) is 7.11 Å². The standard InChI is InChI=1S/C14H19NO4/c1-17-12-7-3-6-11(13(12)18-2)14(16)15-9-10-5-4-8-19-10/h3,6-7,10H,4-5,8-9H2,1-2H3,(H,15,16)/t10-/m0/s1. The molecule has 1 fully saturated rings. The van der Waals surface area contributed by atoms with Crippen LogP contribution < -0.4 is 14.8 Å². The van der Waals surface area contributed by atoms with Gasteiger partial charge in [0.1, 0.15) is 0 Å². The van der Waals surface area contributed by atoms with Crippen molar-refractivity contribution >= 4 is 5.91 Å². The Morgan fingerprint density at radius 3 is 2.89 bits per heavy atom. The zero-order valence-electron chi connectivity index (χ0n) is 11.3. The number of amides is 1. The molecule has 0 aromatic heterocycles. The lowest BCUT2D eigenvalue weighted by Gasteiger charge is -2.14. The van der Waals surface area contributed by atoms with Gasteiger partial charge >= 0.3 is 0 Å². The van der Waals surface area contributed by atoms with E-state index in [1.54, 1.807) is 25.3 Å². The quantitative estimate of drug-likeness (QED) is 0.878. The number of carbonyl (C=O) groups is 1. The van der Waals surface area contributed by atoms with Crippen LogP contribution in [0.15, 0.2) is 18.2 Å². The Hall–Kier alpha value is -1.75. The molecule has 1 aromatic carbocycles. The molecule has 5 nitrogen and oxygen atoms in total. The maximum absolute atomic E-state index is 12.1. The van der Waals surface area contributed by atoms with Crippen LogP contribution in [0.25, 0.3) is 0 Å². The first-order valence-electron chi connectivity index (χ1n) is 6.37. The summed E-state index contributed by atoms with van der Waals surface area (Å²) < 4.78 is 15.9. The second-order valence-corrected chi connectivity index (χ2v) is 4.39. The number of hydrogen-bond donors (Lipinski definition) is 1. The van der Waals surface area contributed by atoms with E-state index in [-0.39, 0.29) is 12.0 Å². The van der Waals surface area contributed by atoms with Crippen molar-refractivity contribution < 1.29 is 19.0 Å². The number of hydrogen-bond acceptors (Lipinski definition) is 4. The molecule has 1 aromatic rings. The first-order chi connectivity index (χ1) is 9.26. The Morgan fingerprint density at radius 2 is 2.26 bits per heavy atom. The summed E-state index contributed by atoms with van der Waals surface area (Å²) in [6.07, 6.45) is 2.18. The maximum Gasteiger partial charge on any atom is 0.255 e. The molecule has 19 heavy (non-hydrogen) atoms. The molecule has 1 atom stereocenters. The lowest BCUT2D eigenvalue weighted by atomic mass is 10.1. The number of rotatable bonds is 5. The predicted molar refractivity (Wildman–Crippen MR) is 70.9 cm³/mol. The average molecular weight is 265 g/mol. The molecular formula is C14H19NO4. The summed E-state index contributed by atoms with van der Waals surface area (Å²) in [6, 6.07) is 5.24. The molecule has 2 rings (SSSR count). The molecule has 0 unspecified atom stereocenters. The number of methoxy groups -OCH3 is 2. The maximum atomic E-state index is 12.1. The molecule has 1 N–H and O–H groups in total.